The van der Waals surface area contributed by atoms with E-state index in [1.165, 1.54) is 12.1 Å². The summed E-state index contributed by atoms with van der Waals surface area (Å²) in [6.07, 6.45) is 0.804. The number of sulfonamides is 1. The topological polar surface area (TPSA) is 95.6 Å². The van der Waals surface area contributed by atoms with Gasteiger partial charge < -0.3 is 10.2 Å². The van der Waals surface area contributed by atoms with Crippen molar-refractivity contribution in [2.24, 2.45) is 0 Å². The van der Waals surface area contributed by atoms with Crippen LogP contribution < -0.4 is 10.0 Å². The molecule has 44 heavy (non-hydrogen) atoms. The number of aryl methyl sites for hydroxylation is 1. The number of amides is 2. The first-order valence-electron chi connectivity index (χ1n) is 14.3. The predicted molar refractivity (Wildman–Crippen MR) is 175 cm³/mol. The lowest BCUT2D eigenvalue weighted by atomic mass is 10.0. The Morgan fingerprint density at radius 1 is 0.795 bits per heavy atom. The molecule has 0 aromatic heterocycles. The molecular weight excluding hydrogens is 617 g/mol. The van der Waals surface area contributed by atoms with Crippen molar-refractivity contribution in [3.05, 3.63) is 135 Å². The van der Waals surface area contributed by atoms with Crippen molar-refractivity contribution < 1.29 is 18.0 Å². The standard InChI is InChI=1S/C34H35Cl2N3O4S/c1-2-38-44(42,43)30-19-14-25(15-20-30)16-21-33(40)39(24-27-12-17-29(35)18-13-27)32(22-26-8-4-3-5-9-26)34(41)37-23-28-10-6-7-11-31(28)36/h3-15,17-20,32,38H,2,16,21-24H2,1H3,(H,37,41)/t32-/m0/s1. The van der Waals surface area contributed by atoms with E-state index < -0.39 is 16.1 Å². The minimum absolute atomic E-state index is 0.121. The van der Waals surface area contributed by atoms with E-state index in [1.54, 1.807) is 42.2 Å². The Hall–Kier alpha value is -3.69. The molecule has 0 bridgehead atoms. The highest BCUT2D eigenvalue weighted by atomic mass is 35.5. The fraction of sp³-hybridized carbons (Fsp3) is 0.235. The van der Waals surface area contributed by atoms with E-state index in [9.17, 15) is 18.0 Å². The van der Waals surface area contributed by atoms with Crippen LogP contribution in [0.3, 0.4) is 0 Å². The van der Waals surface area contributed by atoms with Crippen LogP contribution in [-0.2, 0) is 45.5 Å². The molecule has 0 fully saturated rings. The highest BCUT2D eigenvalue weighted by Crippen LogP contribution is 2.20. The van der Waals surface area contributed by atoms with Crippen molar-refractivity contribution in [1.29, 1.82) is 0 Å². The molecule has 0 radical (unpaired) electrons. The third-order valence-electron chi connectivity index (χ3n) is 7.14. The fourth-order valence-corrected chi connectivity index (χ4v) is 6.16. The smallest absolute Gasteiger partial charge is 0.243 e. The van der Waals surface area contributed by atoms with E-state index in [4.69, 9.17) is 23.2 Å². The number of halogens is 2. The van der Waals surface area contributed by atoms with Gasteiger partial charge >= 0.3 is 0 Å². The van der Waals surface area contributed by atoms with Gasteiger partial charge in [-0.15, -0.1) is 0 Å². The van der Waals surface area contributed by atoms with Crippen LogP contribution in [0.25, 0.3) is 0 Å². The molecule has 0 heterocycles. The summed E-state index contributed by atoms with van der Waals surface area (Å²) < 4.78 is 27.1. The number of hydrogen-bond acceptors (Lipinski definition) is 4. The molecule has 0 aliphatic rings. The van der Waals surface area contributed by atoms with Crippen molar-refractivity contribution >= 4 is 45.0 Å². The van der Waals surface area contributed by atoms with Crippen molar-refractivity contribution in [3.8, 4) is 0 Å². The second-order valence-electron chi connectivity index (χ2n) is 10.3. The zero-order valence-corrected chi connectivity index (χ0v) is 26.7. The number of hydrogen-bond donors (Lipinski definition) is 2. The molecule has 2 amide bonds. The molecular formula is C34H35Cl2N3O4S. The minimum atomic E-state index is -3.58. The molecule has 0 saturated carbocycles. The Balaban J connectivity index is 1.59. The fourth-order valence-electron chi connectivity index (χ4n) is 4.79. The van der Waals surface area contributed by atoms with E-state index >= 15 is 0 Å². The van der Waals surface area contributed by atoms with Crippen LogP contribution in [0.4, 0.5) is 0 Å². The lowest BCUT2D eigenvalue weighted by molar-refractivity contribution is -0.141. The van der Waals surface area contributed by atoms with Gasteiger partial charge in [0.25, 0.3) is 0 Å². The second-order valence-corrected chi connectivity index (χ2v) is 12.9. The summed E-state index contributed by atoms with van der Waals surface area (Å²) in [5.41, 5.74) is 3.33. The van der Waals surface area contributed by atoms with Gasteiger partial charge in [0, 0.05) is 42.5 Å². The van der Waals surface area contributed by atoms with Crippen LogP contribution in [0.5, 0.6) is 0 Å². The van der Waals surface area contributed by atoms with E-state index in [2.05, 4.69) is 10.0 Å². The Morgan fingerprint density at radius 3 is 2.09 bits per heavy atom. The zero-order chi connectivity index (χ0) is 31.5. The van der Waals surface area contributed by atoms with E-state index in [0.29, 0.717) is 22.9 Å². The molecule has 230 valence electrons. The number of carbonyl (C=O) groups is 2. The molecule has 2 N–H and O–H groups in total. The quantitative estimate of drug-likeness (QED) is 0.170. The summed E-state index contributed by atoms with van der Waals surface area (Å²) in [5.74, 6) is -0.507. The first kappa shape index (κ1) is 33.2. The van der Waals surface area contributed by atoms with Gasteiger partial charge in [0.05, 0.1) is 4.90 Å². The summed E-state index contributed by atoms with van der Waals surface area (Å²) in [6.45, 7) is 2.43. The van der Waals surface area contributed by atoms with Crippen LogP contribution in [-0.4, -0.2) is 37.7 Å². The maximum Gasteiger partial charge on any atom is 0.243 e. The van der Waals surface area contributed by atoms with E-state index in [1.807, 2.05) is 60.7 Å². The summed E-state index contributed by atoms with van der Waals surface area (Å²) in [7, 11) is -3.58. The summed E-state index contributed by atoms with van der Waals surface area (Å²) >= 11 is 12.5. The maximum atomic E-state index is 14.0. The molecule has 10 heteroatoms. The molecule has 0 aliphatic heterocycles. The van der Waals surface area contributed by atoms with Gasteiger partial charge in [-0.25, -0.2) is 13.1 Å². The van der Waals surface area contributed by atoms with Crippen LogP contribution in [0.1, 0.15) is 35.6 Å². The number of benzene rings is 4. The summed E-state index contributed by atoms with van der Waals surface area (Å²) in [5, 5.41) is 4.11. The Morgan fingerprint density at radius 2 is 1.43 bits per heavy atom. The van der Waals surface area contributed by atoms with Gasteiger partial charge in [-0.1, -0.05) is 103 Å². The number of carbonyl (C=O) groups excluding carboxylic acids is 2. The maximum absolute atomic E-state index is 14.0. The molecule has 4 rings (SSSR count). The van der Waals surface area contributed by atoms with Gasteiger partial charge in [0.15, 0.2) is 0 Å². The molecule has 0 aliphatic carbocycles. The monoisotopic (exact) mass is 651 g/mol. The molecule has 0 spiro atoms. The largest absolute Gasteiger partial charge is 0.350 e. The van der Waals surface area contributed by atoms with Crippen molar-refractivity contribution in [2.45, 2.75) is 50.2 Å². The summed E-state index contributed by atoms with van der Waals surface area (Å²) in [6, 6.07) is 29.7. The number of rotatable bonds is 14. The first-order chi connectivity index (χ1) is 21.2. The third-order valence-corrected chi connectivity index (χ3v) is 9.33. The molecule has 0 saturated heterocycles. The van der Waals surface area contributed by atoms with Gasteiger partial charge in [0.2, 0.25) is 21.8 Å². The lowest BCUT2D eigenvalue weighted by Gasteiger charge is -2.32. The normalized spacial score (nSPS) is 12.0. The Kier molecular flexibility index (Phi) is 12.0. The first-order valence-corrected chi connectivity index (χ1v) is 16.6. The van der Waals surface area contributed by atoms with Crippen LogP contribution in [0.2, 0.25) is 10.0 Å². The number of nitrogens with one attached hydrogen (secondary N) is 2. The van der Waals surface area contributed by atoms with Gasteiger partial charge in [0.1, 0.15) is 6.04 Å². The van der Waals surface area contributed by atoms with Crippen LogP contribution in [0.15, 0.2) is 108 Å². The molecule has 7 nitrogen and oxygen atoms in total. The molecule has 4 aromatic carbocycles. The van der Waals surface area contributed by atoms with Crippen LogP contribution >= 0.6 is 23.2 Å². The van der Waals surface area contributed by atoms with Gasteiger partial charge in [-0.3, -0.25) is 9.59 Å². The van der Waals surface area contributed by atoms with Gasteiger partial charge in [-0.05, 0) is 59.0 Å². The van der Waals surface area contributed by atoms with Crippen molar-refractivity contribution in [1.82, 2.24) is 14.9 Å². The molecule has 4 aromatic rings. The predicted octanol–water partition coefficient (Wildman–Crippen LogP) is 6.18. The highest BCUT2D eigenvalue weighted by molar-refractivity contribution is 7.89. The van der Waals surface area contributed by atoms with E-state index in [0.717, 1.165) is 22.3 Å². The SMILES string of the molecule is CCNS(=O)(=O)c1ccc(CCC(=O)N(Cc2ccc(Cl)cc2)[C@@H](Cc2ccccc2)C(=O)NCc2ccccc2Cl)cc1. The van der Waals surface area contributed by atoms with Crippen LogP contribution in [0, 0.1) is 0 Å². The highest BCUT2D eigenvalue weighted by Gasteiger charge is 2.30. The number of nitrogens with zero attached hydrogens (tertiary/aromatic N) is 1. The lowest BCUT2D eigenvalue weighted by Crippen LogP contribution is -2.50. The minimum Gasteiger partial charge on any atom is -0.350 e. The molecule has 0 unspecified atom stereocenters. The van der Waals surface area contributed by atoms with Crippen molar-refractivity contribution in [2.75, 3.05) is 6.54 Å². The second kappa shape index (κ2) is 15.9. The molecule has 1 atom stereocenters. The van der Waals surface area contributed by atoms with Gasteiger partial charge in [-0.2, -0.15) is 0 Å². The average molecular weight is 653 g/mol. The summed E-state index contributed by atoms with van der Waals surface area (Å²) in [4.78, 5) is 29.6. The van der Waals surface area contributed by atoms with Crippen molar-refractivity contribution in [3.63, 3.8) is 0 Å². The average Bonchev–Trinajstić information content (AvgIpc) is 3.02. The third kappa shape index (κ3) is 9.40. The Labute approximate surface area is 269 Å². The Bertz CT molecular complexity index is 1650. The van der Waals surface area contributed by atoms with E-state index in [-0.39, 0.29) is 42.8 Å². The zero-order valence-electron chi connectivity index (χ0n) is 24.4.